The van der Waals surface area contributed by atoms with Gasteiger partial charge in [0.1, 0.15) is 0 Å². The van der Waals surface area contributed by atoms with Crippen LogP contribution < -0.4 is 0 Å². The van der Waals surface area contributed by atoms with E-state index < -0.39 is 0 Å². The maximum Gasteiger partial charge on any atom is 0.0192 e. The van der Waals surface area contributed by atoms with Gasteiger partial charge in [0.25, 0.3) is 0 Å². The summed E-state index contributed by atoms with van der Waals surface area (Å²) in [6.45, 7) is 0. The molecular formula is C24H16Br2. The third kappa shape index (κ3) is 3.82. The van der Waals surface area contributed by atoms with Crippen LogP contribution in [0.5, 0.6) is 0 Å². The lowest BCUT2D eigenvalue weighted by Crippen LogP contribution is -1.84. The predicted octanol–water partition coefficient (Wildman–Crippen LogP) is 8.21. The summed E-state index contributed by atoms with van der Waals surface area (Å²) in [5, 5.41) is 0. The molecule has 0 atom stereocenters. The molecule has 0 amide bonds. The van der Waals surface area contributed by atoms with Crippen LogP contribution in [0.3, 0.4) is 0 Å². The average molecular weight is 464 g/mol. The zero-order valence-electron chi connectivity index (χ0n) is 14.0. The van der Waals surface area contributed by atoms with E-state index >= 15 is 0 Å². The molecule has 0 N–H and O–H groups in total. The summed E-state index contributed by atoms with van der Waals surface area (Å²) >= 11 is 7.16. The molecule has 4 aromatic rings. The zero-order valence-corrected chi connectivity index (χ0v) is 17.2. The Hall–Kier alpha value is -2.16. The highest BCUT2D eigenvalue weighted by atomic mass is 79.9. The summed E-state index contributed by atoms with van der Waals surface area (Å²) in [6, 6.07) is 34.2. The SMILES string of the molecule is Brc1cc(Br)cc(-c2cccc(-c3cccc(-c4ccccc4)c3)c2)c1. The van der Waals surface area contributed by atoms with Gasteiger partial charge >= 0.3 is 0 Å². The minimum Gasteiger partial charge on any atom is -0.0622 e. The highest BCUT2D eigenvalue weighted by Gasteiger charge is 2.05. The molecule has 0 saturated carbocycles. The van der Waals surface area contributed by atoms with E-state index in [2.05, 4.69) is 123 Å². The van der Waals surface area contributed by atoms with E-state index in [1.807, 2.05) is 6.07 Å². The average Bonchev–Trinajstić information content (AvgIpc) is 2.68. The first-order valence-electron chi connectivity index (χ1n) is 8.41. The Kier molecular flexibility index (Phi) is 5.05. The molecule has 0 fully saturated rings. The Morgan fingerprint density at radius 3 is 1.31 bits per heavy atom. The topological polar surface area (TPSA) is 0 Å². The van der Waals surface area contributed by atoms with Gasteiger partial charge in [0.2, 0.25) is 0 Å². The van der Waals surface area contributed by atoms with Crippen molar-refractivity contribution >= 4 is 31.9 Å². The van der Waals surface area contributed by atoms with Crippen molar-refractivity contribution in [3.63, 3.8) is 0 Å². The monoisotopic (exact) mass is 462 g/mol. The van der Waals surface area contributed by atoms with E-state index in [0.717, 1.165) is 8.95 Å². The minimum absolute atomic E-state index is 1.07. The minimum atomic E-state index is 1.07. The Balaban J connectivity index is 1.75. The fourth-order valence-electron chi connectivity index (χ4n) is 3.11. The molecule has 0 spiro atoms. The Bertz CT molecular complexity index is 1030. The highest BCUT2D eigenvalue weighted by Crippen LogP contribution is 2.32. The molecule has 0 saturated heterocycles. The van der Waals surface area contributed by atoms with Gasteiger partial charge in [-0.1, -0.05) is 98.6 Å². The van der Waals surface area contributed by atoms with Gasteiger partial charge in [0, 0.05) is 8.95 Å². The number of halogens is 2. The molecule has 0 aliphatic heterocycles. The Labute approximate surface area is 170 Å². The molecule has 0 nitrogen and oxygen atoms in total. The van der Waals surface area contributed by atoms with E-state index in [1.54, 1.807) is 0 Å². The number of hydrogen-bond acceptors (Lipinski definition) is 0. The van der Waals surface area contributed by atoms with Crippen molar-refractivity contribution < 1.29 is 0 Å². The molecule has 126 valence electrons. The highest BCUT2D eigenvalue weighted by molar-refractivity contribution is 9.11. The van der Waals surface area contributed by atoms with Crippen molar-refractivity contribution in [1.29, 1.82) is 0 Å². The molecule has 0 unspecified atom stereocenters. The summed E-state index contributed by atoms with van der Waals surface area (Å²) in [7, 11) is 0. The lowest BCUT2D eigenvalue weighted by atomic mass is 9.96. The second-order valence-electron chi connectivity index (χ2n) is 6.19. The van der Waals surface area contributed by atoms with Crippen molar-refractivity contribution in [2.75, 3.05) is 0 Å². The molecule has 0 radical (unpaired) electrons. The van der Waals surface area contributed by atoms with Crippen molar-refractivity contribution in [1.82, 2.24) is 0 Å². The molecule has 0 aliphatic rings. The second kappa shape index (κ2) is 7.61. The van der Waals surface area contributed by atoms with Gasteiger partial charge in [0.05, 0.1) is 0 Å². The number of rotatable bonds is 3. The van der Waals surface area contributed by atoms with E-state index in [4.69, 9.17) is 0 Å². The van der Waals surface area contributed by atoms with Gasteiger partial charge < -0.3 is 0 Å². The third-order valence-corrected chi connectivity index (χ3v) is 5.28. The Morgan fingerprint density at radius 1 is 0.346 bits per heavy atom. The van der Waals surface area contributed by atoms with Crippen LogP contribution in [0.2, 0.25) is 0 Å². The molecule has 4 aromatic carbocycles. The maximum absolute atomic E-state index is 3.58. The molecule has 0 bridgehead atoms. The van der Waals surface area contributed by atoms with Crippen molar-refractivity contribution in [2.24, 2.45) is 0 Å². The summed E-state index contributed by atoms with van der Waals surface area (Å²) in [5.41, 5.74) is 7.31. The second-order valence-corrected chi connectivity index (χ2v) is 8.02. The predicted molar refractivity (Wildman–Crippen MR) is 118 cm³/mol. The molecule has 0 aliphatic carbocycles. The van der Waals surface area contributed by atoms with Crippen molar-refractivity contribution in [2.45, 2.75) is 0 Å². The van der Waals surface area contributed by atoms with Crippen LogP contribution >= 0.6 is 31.9 Å². The van der Waals surface area contributed by atoms with E-state index in [-0.39, 0.29) is 0 Å². The summed E-state index contributed by atoms with van der Waals surface area (Å²) < 4.78 is 2.14. The van der Waals surface area contributed by atoms with Crippen LogP contribution in [0.15, 0.2) is 106 Å². The fourth-order valence-corrected chi connectivity index (χ4v) is 4.40. The van der Waals surface area contributed by atoms with Crippen molar-refractivity contribution in [3.05, 3.63) is 106 Å². The zero-order chi connectivity index (χ0) is 17.9. The van der Waals surface area contributed by atoms with Crippen LogP contribution in [-0.4, -0.2) is 0 Å². The van der Waals surface area contributed by atoms with E-state index in [9.17, 15) is 0 Å². The molecular weight excluding hydrogens is 448 g/mol. The molecule has 4 rings (SSSR count). The maximum atomic E-state index is 3.58. The standard InChI is InChI=1S/C24H16Br2/c25-23-14-22(15-24(26)16-23)21-11-5-10-20(13-21)19-9-4-8-18(12-19)17-6-2-1-3-7-17/h1-16H. The van der Waals surface area contributed by atoms with Crippen LogP contribution in [0, 0.1) is 0 Å². The lowest BCUT2D eigenvalue weighted by Gasteiger charge is -2.09. The fraction of sp³-hybridized carbons (Fsp3) is 0. The molecule has 0 aromatic heterocycles. The van der Waals surface area contributed by atoms with Crippen LogP contribution in [0.25, 0.3) is 33.4 Å². The summed E-state index contributed by atoms with van der Waals surface area (Å²) in [4.78, 5) is 0. The summed E-state index contributed by atoms with van der Waals surface area (Å²) in [6.07, 6.45) is 0. The van der Waals surface area contributed by atoms with Gasteiger partial charge in [-0.2, -0.15) is 0 Å². The summed E-state index contributed by atoms with van der Waals surface area (Å²) in [5.74, 6) is 0. The van der Waals surface area contributed by atoms with Gasteiger partial charge in [-0.05, 0) is 63.7 Å². The molecule has 2 heteroatoms. The smallest absolute Gasteiger partial charge is 0.0192 e. The third-order valence-electron chi connectivity index (χ3n) is 4.36. The van der Waals surface area contributed by atoms with Crippen LogP contribution in [0.1, 0.15) is 0 Å². The van der Waals surface area contributed by atoms with E-state index in [0.29, 0.717) is 0 Å². The normalized spacial score (nSPS) is 10.7. The van der Waals surface area contributed by atoms with Crippen LogP contribution in [-0.2, 0) is 0 Å². The largest absolute Gasteiger partial charge is 0.0622 e. The van der Waals surface area contributed by atoms with Crippen molar-refractivity contribution in [3.8, 4) is 33.4 Å². The first-order chi connectivity index (χ1) is 12.7. The van der Waals surface area contributed by atoms with Gasteiger partial charge in [-0.3, -0.25) is 0 Å². The van der Waals surface area contributed by atoms with Gasteiger partial charge in [-0.15, -0.1) is 0 Å². The van der Waals surface area contributed by atoms with Crippen LogP contribution in [0.4, 0.5) is 0 Å². The Morgan fingerprint density at radius 2 is 0.769 bits per heavy atom. The quantitative estimate of drug-likeness (QED) is 0.287. The van der Waals surface area contributed by atoms with Gasteiger partial charge in [0.15, 0.2) is 0 Å². The molecule has 26 heavy (non-hydrogen) atoms. The molecule has 0 heterocycles. The van der Waals surface area contributed by atoms with E-state index in [1.165, 1.54) is 33.4 Å². The number of benzene rings is 4. The first kappa shape index (κ1) is 17.3. The lowest BCUT2D eigenvalue weighted by molar-refractivity contribution is 1.55. The first-order valence-corrected chi connectivity index (χ1v) is 10.00. The number of hydrogen-bond donors (Lipinski definition) is 0. The van der Waals surface area contributed by atoms with Gasteiger partial charge in [-0.25, -0.2) is 0 Å².